The first-order valence-electron chi connectivity index (χ1n) is 10.5. The number of rotatable bonds is 9. The molecule has 5 nitrogen and oxygen atoms in total. The molecule has 0 bridgehead atoms. The maximum atomic E-state index is 13.5. The molecule has 0 aliphatic carbocycles. The molecule has 2 aromatic heterocycles. The van der Waals surface area contributed by atoms with Gasteiger partial charge >= 0.3 is 0 Å². The van der Waals surface area contributed by atoms with Crippen LogP contribution in [0.1, 0.15) is 43.2 Å². The van der Waals surface area contributed by atoms with E-state index in [2.05, 4.69) is 34.2 Å². The lowest BCUT2D eigenvalue weighted by molar-refractivity contribution is 0.133. The summed E-state index contributed by atoms with van der Waals surface area (Å²) in [6, 6.07) is 16.5. The van der Waals surface area contributed by atoms with Crippen molar-refractivity contribution in [2.75, 3.05) is 7.11 Å². The maximum absolute atomic E-state index is 13.5. The van der Waals surface area contributed by atoms with Crippen molar-refractivity contribution in [1.82, 2.24) is 9.97 Å². The number of hydrogen-bond donors (Lipinski definition) is 1. The van der Waals surface area contributed by atoms with E-state index in [4.69, 9.17) is 9.15 Å². The van der Waals surface area contributed by atoms with Crippen molar-refractivity contribution < 1.29 is 18.7 Å². The summed E-state index contributed by atoms with van der Waals surface area (Å²) in [6.45, 7) is 0. The third-order valence-electron chi connectivity index (χ3n) is 5.31. The third-order valence-corrected chi connectivity index (χ3v) is 5.31. The molecule has 0 radical (unpaired) electrons. The molecular weight excluding hydrogens is 395 g/mol. The van der Waals surface area contributed by atoms with Crippen LogP contribution in [0.5, 0.6) is 5.75 Å². The van der Waals surface area contributed by atoms with Crippen LogP contribution >= 0.6 is 0 Å². The van der Waals surface area contributed by atoms with Gasteiger partial charge in [0.15, 0.2) is 11.2 Å². The van der Waals surface area contributed by atoms with Gasteiger partial charge in [0.1, 0.15) is 17.7 Å². The molecular formula is C25H25FN2O3. The fraction of sp³-hybridized carbons (Fsp3) is 0.280. The number of oxazole rings is 1. The van der Waals surface area contributed by atoms with Gasteiger partial charge in [-0.15, -0.1) is 0 Å². The van der Waals surface area contributed by atoms with Crippen molar-refractivity contribution in [2.45, 2.75) is 38.2 Å². The van der Waals surface area contributed by atoms with Crippen LogP contribution < -0.4 is 4.74 Å². The third kappa shape index (κ3) is 5.09. The first-order valence-corrected chi connectivity index (χ1v) is 10.5. The Labute approximate surface area is 180 Å². The number of methoxy groups -OCH3 is 1. The second kappa shape index (κ2) is 9.71. The molecule has 0 aliphatic heterocycles. The van der Waals surface area contributed by atoms with Crippen molar-refractivity contribution >= 4 is 11.2 Å². The second-order valence-corrected chi connectivity index (χ2v) is 7.54. The molecule has 4 aromatic rings. The van der Waals surface area contributed by atoms with Crippen LogP contribution in [-0.4, -0.2) is 22.2 Å². The van der Waals surface area contributed by atoms with Gasteiger partial charge in [0.2, 0.25) is 5.89 Å². The molecule has 1 atom stereocenters. The van der Waals surface area contributed by atoms with Crippen molar-refractivity contribution in [3.8, 4) is 16.9 Å². The number of ether oxygens (including phenoxy) is 1. The lowest BCUT2D eigenvalue weighted by Gasteiger charge is -2.08. The molecule has 6 heteroatoms. The summed E-state index contributed by atoms with van der Waals surface area (Å²) in [5.41, 5.74) is 3.67. The SMILES string of the molecule is COc1cc(F)ccc1-c1cnc2nc(C(O)CCCCCc3ccccc3)oc2c1. The molecule has 4 rings (SSSR count). The average Bonchev–Trinajstić information content (AvgIpc) is 3.23. The molecule has 1 N–H and O–H groups in total. The quantitative estimate of drug-likeness (QED) is 0.343. The lowest BCUT2D eigenvalue weighted by atomic mass is 10.0. The smallest absolute Gasteiger partial charge is 0.225 e. The van der Waals surface area contributed by atoms with Gasteiger partial charge in [-0.3, -0.25) is 0 Å². The van der Waals surface area contributed by atoms with Crippen LogP contribution in [0, 0.1) is 5.82 Å². The Bertz CT molecular complexity index is 1140. The highest BCUT2D eigenvalue weighted by Gasteiger charge is 2.17. The number of benzene rings is 2. The lowest BCUT2D eigenvalue weighted by Crippen LogP contribution is -1.98. The Kier molecular flexibility index (Phi) is 6.57. The molecule has 0 saturated carbocycles. The second-order valence-electron chi connectivity index (χ2n) is 7.54. The summed E-state index contributed by atoms with van der Waals surface area (Å²) >= 11 is 0. The Balaban J connectivity index is 1.38. The molecule has 160 valence electrons. The fourth-order valence-electron chi connectivity index (χ4n) is 3.64. The van der Waals surface area contributed by atoms with E-state index < -0.39 is 6.10 Å². The van der Waals surface area contributed by atoms with Crippen molar-refractivity contribution in [1.29, 1.82) is 0 Å². The van der Waals surface area contributed by atoms with Gasteiger partial charge < -0.3 is 14.3 Å². The average molecular weight is 420 g/mol. The zero-order valence-electron chi connectivity index (χ0n) is 17.4. The molecule has 2 heterocycles. The van der Waals surface area contributed by atoms with Crippen molar-refractivity contribution in [3.63, 3.8) is 0 Å². The van der Waals surface area contributed by atoms with Crippen LogP contribution in [-0.2, 0) is 6.42 Å². The highest BCUT2D eigenvalue weighted by Crippen LogP contribution is 2.32. The van der Waals surface area contributed by atoms with Gasteiger partial charge in [0.05, 0.1) is 7.11 Å². The van der Waals surface area contributed by atoms with E-state index in [9.17, 15) is 9.50 Å². The van der Waals surface area contributed by atoms with Gasteiger partial charge in [-0.05, 0) is 43.0 Å². The summed E-state index contributed by atoms with van der Waals surface area (Å²) < 4.78 is 24.5. The number of halogens is 1. The van der Waals surface area contributed by atoms with Crippen LogP contribution in [0.4, 0.5) is 4.39 Å². The maximum Gasteiger partial charge on any atom is 0.225 e. The van der Waals surface area contributed by atoms with E-state index in [1.165, 1.54) is 24.8 Å². The molecule has 1 unspecified atom stereocenters. The van der Waals surface area contributed by atoms with Gasteiger partial charge in [0, 0.05) is 23.4 Å². The number of aromatic nitrogens is 2. The highest BCUT2D eigenvalue weighted by molar-refractivity contribution is 5.78. The van der Waals surface area contributed by atoms with E-state index in [0.717, 1.165) is 31.2 Å². The van der Waals surface area contributed by atoms with E-state index in [1.54, 1.807) is 18.3 Å². The van der Waals surface area contributed by atoms with Gasteiger partial charge in [0.25, 0.3) is 0 Å². The zero-order chi connectivity index (χ0) is 21.6. The van der Waals surface area contributed by atoms with Crippen LogP contribution in [0.25, 0.3) is 22.4 Å². The first-order chi connectivity index (χ1) is 15.1. The molecule has 0 aliphatic rings. The number of aryl methyl sites for hydroxylation is 1. The van der Waals surface area contributed by atoms with Crippen molar-refractivity contribution in [3.05, 3.63) is 78.1 Å². The number of aliphatic hydroxyl groups is 1. The number of unbranched alkanes of at least 4 members (excludes halogenated alkanes) is 2. The fourth-order valence-corrected chi connectivity index (χ4v) is 3.64. The topological polar surface area (TPSA) is 68.4 Å². The Hall–Kier alpha value is -3.25. The van der Waals surface area contributed by atoms with Gasteiger partial charge in [-0.2, -0.15) is 4.98 Å². The van der Waals surface area contributed by atoms with Crippen LogP contribution in [0.2, 0.25) is 0 Å². The Morgan fingerprint density at radius 1 is 1.06 bits per heavy atom. The summed E-state index contributed by atoms with van der Waals surface area (Å²) in [5, 5.41) is 10.5. The van der Waals surface area contributed by atoms with Crippen molar-refractivity contribution in [2.24, 2.45) is 0 Å². The van der Waals surface area contributed by atoms with E-state index in [0.29, 0.717) is 29.0 Å². The Morgan fingerprint density at radius 2 is 1.90 bits per heavy atom. The summed E-state index contributed by atoms with van der Waals surface area (Å²) in [7, 11) is 1.49. The first kappa shape index (κ1) is 21.0. The molecule has 0 spiro atoms. The predicted octanol–water partition coefficient (Wildman–Crippen LogP) is 5.87. The molecule has 31 heavy (non-hydrogen) atoms. The number of pyridine rings is 1. The van der Waals surface area contributed by atoms with Gasteiger partial charge in [-0.1, -0.05) is 43.2 Å². The van der Waals surface area contributed by atoms with E-state index in [-0.39, 0.29) is 11.7 Å². The largest absolute Gasteiger partial charge is 0.496 e. The standard InChI is InChI=1S/C25H25FN2O3/c1-30-22-15-19(26)12-13-20(22)18-14-23-24(27-16-18)28-25(31-23)21(29)11-7-3-6-10-17-8-4-2-5-9-17/h2,4-5,8-9,12-16,21,29H,3,6-7,10-11H2,1H3. The molecule has 0 amide bonds. The predicted molar refractivity (Wildman–Crippen MR) is 117 cm³/mol. The zero-order valence-corrected chi connectivity index (χ0v) is 17.4. The number of fused-ring (bicyclic) bond motifs is 1. The summed E-state index contributed by atoms with van der Waals surface area (Å²) in [5.74, 6) is 0.314. The van der Waals surface area contributed by atoms with Crippen LogP contribution in [0.15, 0.2) is 65.2 Å². The summed E-state index contributed by atoms with van der Waals surface area (Å²) in [4.78, 5) is 8.67. The van der Waals surface area contributed by atoms with Crippen LogP contribution in [0.3, 0.4) is 0 Å². The molecule has 0 saturated heterocycles. The number of nitrogens with zero attached hydrogens (tertiary/aromatic N) is 2. The molecule has 2 aromatic carbocycles. The minimum atomic E-state index is -0.769. The number of aliphatic hydroxyl groups excluding tert-OH is 1. The minimum absolute atomic E-state index is 0.272. The minimum Gasteiger partial charge on any atom is -0.496 e. The van der Waals surface area contributed by atoms with E-state index >= 15 is 0 Å². The summed E-state index contributed by atoms with van der Waals surface area (Å²) in [6.07, 6.45) is 5.49. The number of hydrogen-bond acceptors (Lipinski definition) is 5. The monoisotopic (exact) mass is 420 g/mol. The van der Waals surface area contributed by atoms with E-state index in [1.807, 2.05) is 6.07 Å². The van der Waals surface area contributed by atoms with Gasteiger partial charge in [-0.25, -0.2) is 9.37 Å². The molecule has 0 fully saturated rings. The Morgan fingerprint density at radius 3 is 2.71 bits per heavy atom. The highest BCUT2D eigenvalue weighted by atomic mass is 19.1. The normalized spacial score (nSPS) is 12.2.